The lowest BCUT2D eigenvalue weighted by molar-refractivity contribution is -0.0557. The third-order valence-electron chi connectivity index (χ3n) is 4.22. The Bertz CT molecular complexity index is 550. The van der Waals surface area contributed by atoms with Gasteiger partial charge in [-0.25, -0.2) is 0 Å². The highest BCUT2D eigenvalue weighted by Crippen LogP contribution is 2.32. The van der Waals surface area contributed by atoms with Gasteiger partial charge in [-0.05, 0) is 50.8 Å². The van der Waals surface area contributed by atoms with Crippen molar-refractivity contribution in [2.24, 2.45) is 5.92 Å². The Labute approximate surface area is 138 Å². The molecular weight excluding hydrogens is 292 g/mol. The van der Waals surface area contributed by atoms with Crippen molar-refractivity contribution in [2.75, 3.05) is 6.61 Å². The third kappa shape index (κ3) is 4.83. The van der Waals surface area contributed by atoms with Gasteiger partial charge in [0.15, 0.2) is 11.4 Å². The van der Waals surface area contributed by atoms with Gasteiger partial charge in [-0.3, -0.25) is 4.79 Å². The van der Waals surface area contributed by atoms with Gasteiger partial charge in [0, 0.05) is 5.56 Å². The van der Waals surface area contributed by atoms with E-state index < -0.39 is 5.60 Å². The van der Waals surface area contributed by atoms with Crippen molar-refractivity contribution in [3.05, 3.63) is 41.7 Å². The lowest BCUT2D eigenvalue weighted by Gasteiger charge is -2.35. The highest BCUT2D eigenvalue weighted by Gasteiger charge is 2.40. The summed E-state index contributed by atoms with van der Waals surface area (Å²) < 4.78 is 5.71. The van der Waals surface area contributed by atoms with Crippen molar-refractivity contribution in [1.82, 2.24) is 0 Å². The molecule has 0 saturated heterocycles. The molecule has 0 amide bonds. The van der Waals surface area contributed by atoms with Crippen molar-refractivity contribution >= 4 is 5.78 Å². The Kier molecular flexibility index (Phi) is 7.30. The number of rotatable bonds is 9. The first-order chi connectivity index (χ1) is 10.9. The van der Waals surface area contributed by atoms with Crippen LogP contribution in [0.5, 0.6) is 5.75 Å². The number of benzene rings is 1. The molecule has 0 aliphatic rings. The molecule has 1 aromatic carbocycles. The summed E-state index contributed by atoms with van der Waals surface area (Å²) in [7, 11) is 0. The predicted octanol–water partition coefficient (Wildman–Crippen LogP) is 4.29. The number of allylic oxidation sites excluding steroid dienone is 1. The average Bonchev–Trinajstić information content (AvgIpc) is 2.56. The summed E-state index contributed by atoms with van der Waals surface area (Å²) in [6.45, 7) is 7.17. The van der Waals surface area contributed by atoms with E-state index in [0.29, 0.717) is 11.3 Å². The number of carbonyl (C=O) groups is 1. The van der Waals surface area contributed by atoms with E-state index in [1.807, 2.05) is 13.8 Å². The van der Waals surface area contributed by atoms with E-state index in [1.165, 1.54) is 13.0 Å². The molecule has 0 spiro atoms. The fourth-order valence-electron chi connectivity index (χ4n) is 2.78. The van der Waals surface area contributed by atoms with Crippen LogP contribution in [-0.2, 0) is 0 Å². The Morgan fingerprint density at radius 2 is 2.09 bits per heavy atom. The molecule has 4 nitrogen and oxygen atoms in total. The summed E-state index contributed by atoms with van der Waals surface area (Å²) in [5.74, 6) is 0.297. The number of aliphatic hydroxyl groups is 2. The smallest absolute Gasteiger partial charge is 0.159 e. The molecule has 0 aromatic heterocycles. The molecule has 2 N–H and O–H groups in total. The molecule has 0 bridgehead atoms. The molecule has 0 fully saturated rings. The lowest BCUT2D eigenvalue weighted by atomic mass is 9.81. The zero-order chi connectivity index (χ0) is 17.5. The highest BCUT2D eigenvalue weighted by atomic mass is 16.5. The van der Waals surface area contributed by atoms with Gasteiger partial charge < -0.3 is 14.9 Å². The van der Waals surface area contributed by atoms with E-state index in [-0.39, 0.29) is 24.1 Å². The van der Waals surface area contributed by atoms with Crippen LogP contribution in [0.15, 0.2) is 36.1 Å². The van der Waals surface area contributed by atoms with Crippen molar-refractivity contribution in [2.45, 2.75) is 52.6 Å². The van der Waals surface area contributed by atoms with Crippen LogP contribution in [0.1, 0.15) is 57.3 Å². The van der Waals surface area contributed by atoms with E-state index in [1.54, 1.807) is 31.2 Å². The summed E-state index contributed by atoms with van der Waals surface area (Å²) in [6.07, 6.45) is 3.95. The Hall–Kier alpha value is -1.81. The molecule has 0 aliphatic carbocycles. The standard InChI is InChI=1S/C19H28O4/c1-5-9-16(6-2)19(22,18(21)7-3)13-23-17-11-8-10-15(12-17)14(4)20/h7-8,10-12,16,21-22H,5-6,9,13H2,1-4H3/b18-7+. The molecule has 2 atom stereocenters. The van der Waals surface area contributed by atoms with Gasteiger partial charge >= 0.3 is 0 Å². The Morgan fingerprint density at radius 1 is 1.39 bits per heavy atom. The van der Waals surface area contributed by atoms with Crippen LogP contribution in [-0.4, -0.2) is 28.2 Å². The average molecular weight is 320 g/mol. The summed E-state index contributed by atoms with van der Waals surface area (Å²) in [5.41, 5.74) is -0.868. The second kappa shape index (κ2) is 8.73. The monoisotopic (exact) mass is 320 g/mol. The van der Waals surface area contributed by atoms with Crippen LogP contribution < -0.4 is 4.74 Å². The second-order valence-electron chi connectivity index (χ2n) is 5.86. The number of ketones is 1. The normalized spacial score (nSPS) is 15.8. The summed E-state index contributed by atoms with van der Waals surface area (Å²) in [6, 6.07) is 6.84. The molecule has 1 rings (SSSR count). The molecule has 0 radical (unpaired) electrons. The number of carbonyl (C=O) groups excluding carboxylic acids is 1. The van der Waals surface area contributed by atoms with Crippen LogP contribution in [0.25, 0.3) is 0 Å². The van der Waals surface area contributed by atoms with E-state index in [2.05, 4.69) is 0 Å². The third-order valence-corrected chi connectivity index (χ3v) is 4.22. The van der Waals surface area contributed by atoms with Gasteiger partial charge in [-0.2, -0.15) is 0 Å². The van der Waals surface area contributed by atoms with Crippen LogP contribution in [0.2, 0.25) is 0 Å². The number of hydrogen-bond donors (Lipinski definition) is 2. The molecule has 1 aromatic rings. The molecule has 0 saturated carbocycles. The fourth-order valence-corrected chi connectivity index (χ4v) is 2.78. The summed E-state index contributed by atoms with van der Waals surface area (Å²) >= 11 is 0. The first-order valence-corrected chi connectivity index (χ1v) is 8.20. The predicted molar refractivity (Wildman–Crippen MR) is 92.0 cm³/mol. The zero-order valence-corrected chi connectivity index (χ0v) is 14.5. The van der Waals surface area contributed by atoms with Gasteiger partial charge in [0.2, 0.25) is 0 Å². The molecule has 0 heterocycles. The van der Waals surface area contributed by atoms with Crippen LogP contribution in [0.3, 0.4) is 0 Å². The molecule has 0 aliphatic heterocycles. The fraction of sp³-hybridized carbons (Fsp3) is 0.526. The van der Waals surface area contributed by atoms with Crippen molar-refractivity contribution < 1.29 is 19.7 Å². The van der Waals surface area contributed by atoms with Gasteiger partial charge in [0.25, 0.3) is 0 Å². The molecule has 23 heavy (non-hydrogen) atoms. The lowest BCUT2D eigenvalue weighted by Crippen LogP contribution is -2.45. The maximum Gasteiger partial charge on any atom is 0.159 e. The van der Waals surface area contributed by atoms with E-state index in [0.717, 1.165) is 19.3 Å². The first kappa shape index (κ1) is 19.2. The van der Waals surface area contributed by atoms with Crippen LogP contribution in [0.4, 0.5) is 0 Å². The summed E-state index contributed by atoms with van der Waals surface area (Å²) in [4.78, 5) is 11.4. The van der Waals surface area contributed by atoms with Gasteiger partial charge in [0.05, 0.1) is 0 Å². The number of hydrogen-bond acceptors (Lipinski definition) is 4. The van der Waals surface area contributed by atoms with Crippen LogP contribution in [0, 0.1) is 5.92 Å². The van der Waals surface area contributed by atoms with Crippen LogP contribution >= 0.6 is 0 Å². The second-order valence-corrected chi connectivity index (χ2v) is 5.86. The zero-order valence-electron chi connectivity index (χ0n) is 14.5. The molecule has 2 unspecified atom stereocenters. The molecule has 128 valence electrons. The van der Waals surface area contributed by atoms with Crippen molar-refractivity contribution in [3.63, 3.8) is 0 Å². The van der Waals surface area contributed by atoms with Gasteiger partial charge in [-0.15, -0.1) is 0 Å². The quantitative estimate of drug-likeness (QED) is 0.526. The van der Waals surface area contributed by atoms with Gasteiger partial charge in [-0.1, -0.05) is 32.4 Å². The topological polar surface area (TPSA) is 66.8 Å². The minimum atomic E-state index is -1.42. The van der Waals surface area contributed by atoms with Crippen molar-refractivity contribution in [1.29, 1.82) is 0 Å². The summed E-state index contributed by atoms with van der Waals surface area (Å²) in [5, 5.41) is 21.2. The first-order valence-electron chi connectivity index (χ1n) is 8.20. The minimum Gasteiger partial charge on any atom is -0.509 e. The SMILES string of the molecule is C/C=C(/O)C(O)(COc1cccc(C(C)=O)c1)C(CC)CCC. The molecular formula is C19H28O4. The minimum absolute atomic E-state index is 0.0422. The van der Waals surface area contributed by atoms with E-state index in [9.17, 15) is 15.0 Å². The van der Waals surface area contributed by atoms with E-state index >= 15 is 0 Å². The largest absolute Gasteiger partial charge is 0.509 e. The Balaban J connectivity index is 2.98. The van der Waals surface area contributed by atoms with Gasteiger partial charge in [0.1, 0.15) is 18.1 Å². The number of ether oxygens (including phenoxy) is 1. The van der Waals surface area contributed by atoms with Crippen molar-refractivity contribution in [3.8, 4) is 5.75 Å². The molecule has 4 heteroatoms. The number of aliphatic hydroxyl groups excluding tert-OH is 1. The highest BCUT2D eigenvalue weighted by molar-refractivity contribution is 5.94. The maximum absolute atomic E-state index is 11.4. The van der Waals surface area contributed by atoms with E-state index in [4.69, 9.17) is 4.74 Å². The Morgan fingerprint density at radius 3 is 2.61 bits per heavy atom. The number of Topliss-reactive ketones (excluding diaryl/α,β-unsaturated/α-hetero) is 1. The maximum atomic E-state index is 11.4.